The van der Waals surface area contributed by atoms with Crippen molar-refractivity contribution in [2.45, 2.75) is 24.9 Å². The van der Waals surface area contributed by atoms with Gasteiger partial charge in [0.1, 0.15) is 17.7 Å². The second-order valence-corrected chi connectivity index (χ2v) is 5.22. The van der Waals surface area contributed by atoms with Gasteiger partial charge in [-0.1, -0.05) is 30.3 Å². The van der Waals surface area contributed by atoms with E-state index in [-0.39, 0.29) is 24.4 Å². The van der Waals surface area contributed by atoms with Crippen molar-refractivity contribution in [1.82, 2.24) is 0 Å². The normalized spacial score (nSPS) is 18.4. The summed E-state index contributed by atoms with van der Waals surface area (Å²) in [4.78, 5) is 0. The zero-order chi connectivity index (χ0) is 13.9. The number of ether oxygens (including phenoxy) is 1. The third kappa shape index (κ3) is 2.68. The van der Waals surface area contributed by atoms with Crippen molar-refractivity contribution in [2.75, 3.05) is 6.61 Å². The minimum Gasteiger partial charge on any atom is -0.490 e. The maximum absolute atomic E-state index is 13.3. The van der Waals surface area contributed by atoms with E-state index in [0.29, 0.717) is 6.42 Å². The summed E-state index contributed by atoms with van der Waals surface area (Å²) in [7, 11) is 0. The lowest BCUT2D eigenvalue weighted by Gasteiger charge is -2.19. The van der Waals surface area contributed by atoms with Crippen molar-refractivity contribution < 1.29 is 14.2 Å². The first-order valence-corrected chi connectivity index (χ1v) is 6.87. The Balaban J connectivity index is 1.71. The number of hydrogen-bond acceptors (Lipinski definition) is 2. The topological polar surface area (TPSA) is 29.5 Å². The van der Waals surface area contributed by atoms with Crippen LogP contribution in [0.4, 0.5) is 4.39 Å². The largest absolute Gasteiger partial charge is 0.490 e. The van der Waals surface area contributed by atoms with Gasteiger partial charge in [-0.3, -0.25) is 0 Å². The van der Waals surface area contributed by atoms with Crippen LogP contribution in [0.15, 0.2) is 48.5 Å². The lowest BCUT2D eigenvalue weighted by molar-refractivity contribution is 0.179. The molecular formula is C17H17FO2. The molecule has 2 aromatic rings. The number of benzene rings is 2. The van der Waals surface area contributed by atoms with Gasteiger partial charge in [0.05, 0.1) is 6.61 Å². The first kappa shape index (κ1) is 13.1. The smallest absolute Gasteiger partial charge is 0.123 e. The monoisotopic (exact) mass is 272 g/mol. The van der Waals surface area contributed by atoms with Crippen molar-refractivity contribution in [3.8, 4) is 5.75 Å². The molecule has 2 atom stereocenters. The summed E-state index contributed by atoms with van der Waals surface area (Å²) in [5.74, 6) is 0.565. The fraction of sp³-hybridized carbons (Fsp3) is 0.294. The SMILES string of the molecule is OCC(CC1Cc2ccccc2O1)c1cccc(F)c1. The van der Waals surface area contributed by atoms with Gasteiger partial charge in [-0.15, -0.1) is 0 Å². The second kappa shape index (κ2) is 5.63. The molecule has 0 spiro atoms. The van der Waals surface area contributed by atoms with Gasteiger partial charge in [0.2, 0.25) is 0 Å². The number of aliphatic hydroxyl groups is 1. The van der Waals surface area contributed by atoms with Gasteiger partial charge in [0, 0.05) is 12.3 Å². The first-order chi connectivity index (χ1) is 9.76. The molecule has 0 amide bonds. The van der Waals surface area contributed by atoms with Gasteiger partial charge in [-0.25, -0.2) is 4.39 Å². The van der Waals surface area contributed by atoms with Gasteiger partial charge in [-0.05, 0) is 35.7 Å². The molecular weight excluding hydrogens is 255 g/mol. The van der Waals surface area contributed by atoms with Crippen LogP contribution >= 0.6 is 0 Å². The Hall–Kier alpha value is -1.87. The van der Waals surface area contributed by atoms with Crippen LogP contribution in [0.25, 0.3) is 0 Å². The second-order valence-electron chi connectivity index (χ2n) is 5.22. The van der Waals surface area contributed by atoms with Crippen molar-refractivity contribution >= 4 is 0 Å². The van der Waals surface area contributed by atoms with Crippen LogP contribution in [0.3, 0.4) is 0 Å². The Morgan fingerprint density at radius 2 is 2.05 bits per heavy atom. The summed E-state index contributed by atoms with van der Waals surface area (Å²) in [6.45, 7) is -0.000339. The van der Waals surface area contributed by atoms with E-state index < -0.39 is 0 Å². The van der Waals surface area contributed by atoms with Crippen LogP contribution in [0.5, 0.6) is 5.75 Å². The highest BCUT2D eigenvalue weighted by atomic mass is 19.1. The summed E-state index contributed by atoms with van der Waals surface area (Å²) in [6.07, 6.45) is 1.59. The number of aliphatic hydroxyl groups excluding tert-OH is 1. The van der Waals surface area contributed by atoms with E-state index in [9.17, 15) is 9.50 Å². The fourth-order valence-corrected chi connectivity index (χ4v) is 2.78. The van der Waals surface area contributed by atoms with E-state index in [1.807, 2.05) is 24.3 Å². The Morgan fingerprint density at radius 3 is 2.80 bits per heavy atom. The third-order valence-electron chi connectivity index (χ3n) is 3.80. The van der Waals surface area contributed by atoms with Gasteiger partial charge >= 0.3 is 0 Å². The zero-order valence-electron chi connectivity index (χ0n) is 11.1. The molecule has 0 aliphatic carbocycles. The number of rotatable bonds is 4. The molecule has 1 aliphatic rings. The lowest BCUT2D eigenvalue weighted by atomic mass is 9.92. The summed E-state index contributed by atoms with van der Waals surface area (Å²) < 4.78 is 19.2. The molecule has 0 aromatic heterocycles. The van der Waals surface area contributed by atoms with Crippen molar-refractivity contribution in [1.29, 1.82) is 0 Å². The Morgan fingerprint density at radius 1 is 1.20 bits per heavy atom. The molecule has 0 radical (unpaired) electrons. The van der Waals surface area contributed by atoms with Crippen LogP contribution in [0.1, 0.15) is 23.5 Å². The van der Waals surface area contributed by atoms with E-state index >= 15 is 0 Å². The molecule has 1 heterocycles. The molecule has 3 heteroatoms. The Bertz CT molecular complexity index is 572. The van der Waals surface area contributed by atoms with Crippen LogP contribution in [0.2, 0.25) is 0 Å². The van der Waals surface area contributed by atoms with Gasteiger partial charge in [-0.2, -0.15) is 0 Å². The summed E-state index contributed by atoms with van der Waals surface area (Å²) in [6, 6.07) is 14.4. The van der Waals surface area contributed by atoms with Crippen molar-refractivity contribution in [3.63, 3.8) is 0 Å². The Kier molecular flexibility index (Phi) is 3.70. The summed E-state index contributed by atoms with van der Waals surface area (Å²) in [5, 5.41) is 9.57. The Labute approximate surface area is 117 Å². The maximum Gasteiger partial charge on any atom is 0.123 e. The number of hydrogen-bond donors (Lipinski definition) is 1. The molecule has 0 saturated heterocycles. The standard InChI is InChI=1S/C17H17FO2/c18-15-6-3-5-12(8-15)14(11-19)10-16-9-13-4-1-2-7-17(13)20-16/h1-8,14,16,19H,9-11H2. The van der Waals surface area contributed by atoms with Crippen LogP contribution in [0, 0.1) is 5.82 Å². The predicted molar refractivity (Wildman–Crippen MR) is 75.4 cm³/mol. The van der Waals surface area contributed by atoms with Crippen molar-refractivity contribution in [3.05, 3.63) is 65.5 Å². The highest BCUT2D eigenvalue weighted by Crippen LogP contribution is 2.33. The molecule has 3 rings (SSSR count). The van der Waals surface area contributed by atoms with Gasteiger partial charge < -0.3 is 9.84 Å². The fourth-order valence-electron chi connectivity index (χ4n) is 2.78. The van der Waals surface area contributed by atoms with Crippen molar-refractivity contribution in [2.24, 2.45) is 0 Å². The molecule has 1 aliphatic heterocycles. The maximum atomic E-state index is 13.3. The number of halogens is 1. The van der Waals surface area contributed by atoms with E-state index in [4.69, 9.17) is 4.74 Å². The lowest BCUT2D eigenvalue weighted by Crippen LogP contribution is -2.19. The molecule has 0 fully saturated rings. The average Bonchev–Trinajstić information content (AvgIpc) is 2.87. The van der Waals surface area contributed by atoms with Gasteiger partial charge in [0.15, 0.2) is 0 Å². The van der Waals surface area contributed by atoms with E-state index in [2.05, 4.69) is 6.07 Å². The summed E-state index contributed by atoms with van der Waals surface area (Å²) in [5.41, 5.74) is 2.03. The third-order valence-corrected chi connectivity index (χ3v) is 3.80. The van der Waals surface area contributed by atoms with E-state index in [1.165, 1.54) is 17.7 Å². The highest BCUT2D eigenvalue weighted by Gasteiger charge is 2.26. The molecule has 2 unspecified atom stereocenters. The highest BCUT2D eigenvalue weighted by molar-refractivity contribution is 5.37. The molecule has 0 saturated carbocycles. The zero-order valence-corrected chi connectivity index (χ0v) is 11.1. The van der Waals surface area contributed by atoms with E-state index in [0.717, 1.165) is 17.7 Å². The molecule has 20 heavy (non-hydrogen) atoms. The summed E-state index contributed by atoms with van der Waals surface area (Å²) >= 11 is 0. The molecule has 2 aromatic carbocycles. The quantitative estimate of drug-likeness (QED) is 0.925. The predicted octanol–water partition coefficient (Wildman–Crippen LogP) is 3.30. The van der Waals surface area contributed by atoms with Crippen LogP contribution < -0.4 is 4.74 Å². The van der Waals surface area contributed by atoms with Crippen LogP contribution in [-0.4, -0.2) is 17.8 Å². The van der Waals surface area contributed by atoms with E-state index in [1.54, 1.807) is 6.07 Å². The molecule has 1 N–H and O–H groups in total. The molecule has 104 valence electrons. The van der Waals surface area contributed by atoms with Gasteiger partial charge in [0.25, 0.3) is 0 Å². The minimum absolute atomic E-state index is 0.000339. The number of para-hydroxylation sites is 1. The molecule has 0 bridgehead atoms. The minimum atomic E-state index is -0.267. The number of fused-ring (bicyclic) bond motifs is 1. The molecule has 2 nitrogen and oxygen atoms in total. The first-order valence-electron chi connectivity index (χ1n) is 6.87. The van der Waals surface area contributed by atoms with Crippen LogP contribution in [-0.2, 0) is 6.42 Å². The average molecular weight is 272 g/mol.